The molecule has 2 aliphatic rings. The van der Waals surface area contributed by atoms with Gasteiger partial charge in [-0.05, 0) is 44.1 Å². The molecule has 0 radical (unpaired) electrons. The number of carbonyl (C=O) groups excluding carboxylic acids is 1. The van der Waals surface area contributed by atoms with Crippen molar-refractivity contribution in [1.82, 2.24) is 10.2 Å². The van der Waals surface area contributed by atoms with Gasteiger partial charge < -0.3 is 11.1 Å². The van der Waals surface area contributed by atoms with E-state index in [1.807, 2.05) is 13.0 Å². The van der Waals surface area contributed by atoms with E-state index in [-0.39, 0.29) is 18.0 Å². The molecule has 2 fully saturated rings. The Kier molecular flexibility index (Phi) is 5.57. The number of benzene rings is 1. The molecule has 1 unspecified atom stereocenters. The minimum absolute atomic E-state index is 0.0955. The van der Waals surface area contributed by atoms with Gasteiger partial charge in [0.15, 0.2) is 0 Å². The number of rotatable bonds is 4. The molecule has 3 rings (SSSR count). The highest BCUT2D eigenvalue weighted by Crippen LogP contribution is 2.28. The fourth-order valence-electron chi connectivity index (χ4n) is 4.12. The topological polar surface area (TPSA) is 58.4 Å². The summed E-state index contributed by atoms with van der Waals surface area (Å²) in [6.45, 7) is 5.97. The van der Waals surface area contributed by atoms with Gasteiger partial charge in [-0.15, -0.1) is 0 Å². The highest BCUT2D eigenvalue weighted by molar-refractivity contribution is 5.81. The maximum atomic E-state index is 12.6. The van der Waals surface area contributed by atoms with E-state index in [1.54, 1.807) is 0 Å². The normalized spacial score (nSPS) is 32.5. The summed E-state index contributed by atoms with van der Waals surface area (Å²) < 4.78 is 0. The third-order valence-electron chi connectivity index (χ3n) is 5.91. The second-order valence-corrected chi connectivity index (χ2v) is 7.78. The van der Waals surface area contributed by atoms with Crippen LogP contribution < -0.4 is 11.1 Å². The predicted molar refractivity (Wildman–Crippen MR) is 97.8 cm³/mol. The van der Waals surface area contributed by atoms with Crippen LogP contribution in [0.4, 0.5) is 0 Å². The molecule has 1 aliphatic carbocycles. The lowest BCUT2D eigenvalue weighted by atomic mass is 9.87. The van der Waals surface area contributed by atoms with Crippen molar-refractivity contribution in [2.45, 2.75) is 63.6 Å². The average Bonchev–Trinajstić information content (AvgIpc) is 2.99. The first kappa shape index (κ1) is 17.4. The maximum absolute atomic E-state index is 12.6. The van der Waals surface area contributed by atoms with E-state index in [4.69, 9.17) is 5.73 Å². The van der Waals surface area contributed by atoms with Crippen molar-refractivity contribution in [3.8, 4) is 0 Å². The smallest absolute Gasteiger partial charge is 0.237 e. The molecule has 4 heteroatoms. The lowest BCUT2D eigenvalue weighted by molar-refractivity contribution is -0.126. The molecule has 1 amide bonds. The lowest BCUT2D eigenvalue weighted by Crippen LogP contribution is -2.48. The Morgan fingerprint density at radius 2 is 1.83 bits per heavy atom. The predicted octanol–water partition coefficient (Wildman–Crippen LogP) is 2.50. The Labute approximate surface area is 145 Å². The third-order valence-corrected chi connectivity index (χ3v) is 5.91. The van der Waals surface area contributed by atoms with Crippen molar-refractivity contribution in [2.75, 3.05) is 13.1 Å². The van der Waals surface area contributed by atoms with Crippen LogP contribution in [-0.2, 0) is 4.79 Å². The van der Waals surface area contributed by atoms with Gasteiger partial charge in [0.05, 0.1) is 6.04 Å². The van der Waals surface area contributed by atoms with Gasteiger partial charge in [-0.25, -0.2) is 0 Å². The van der Waals surface area contributed by atoms with Crippen LogP contribution in [0.2, 0.25) is 0 Å². The van der Waals surface area contributed by atoms with E-state index < -0.39 is 0 Å². The van der Waals surface area contributed by atoms with Crippen LogP contribution in [0.25, 0.3) is 0 Å². The molecule has 24 heavy (non-hydrogen) atoms. The molecule has 132 valence electrons. The third kappa shape index (κ3) is 3.98. The number of amides is 1. The van der Waals surface area contributed by atoms with E-state index in [9.17, 15) is 4.79 Å². The minimum atomic E-state index is -0.107. The van der Waals surface area contributed by atoms with Crippen LogP contribution in [0.1, 0.15) is 51.0 Å². The van der Waals surface area contributed by atoms with Gasteiger partial charge in [0.2, 0.25) is 5.91 Å². The second-order valence-electron chi connectivity index (χ2n) is 7.78. The first-order valence-corrected chi connectivity index (χ1v) is 9.39. The molecule has 1 heterocycles. The van der Waals surface area contributed by atoms with Crippen LogP contribution in [0.5, 0.6) is 0 Å². The van der Waals surface area contributed by atoms with Crippen molar-refractivity contribution < 1.29 is 4.79 Å². The molecule has 1 saturated carbocycles. The Morgan fingerprint density at radius 1 is 1.17 bits per heavy atom. The van der Waals surface area contributed by atoms with Crippen LogP contribution in [0.3, 0.4) is 0 Å². The van der Waals surface area contributed by atoms with E-state index in [0.717, 1.165) is 31.8 Å². The van der Waals surface area contributed by atoms with Gasteiger partial charge in [-0.3, -0.25) is 9.69 Å². The van der Waals surface area contributed by atoms with Gasteiger partial charge in [-0.1, -0.05) is 37.3 Å². The molecule has 3 N–H and O–H groups in total. The standard InChI is InChI=1S/C20H31N3O/c1-14-8-10-17(11-9-14)22-20(24)15(2)23-12-18(19(21)13-23)16-6-4-3-5-7-16/h3-7,14-15,17-19H,8-13,21H2,1-2H3,(H,22,24)/t14?,15?,17?,18-,19+/m0/s1. The molecule has 0 spiro atoms. The summed E-state index contributed by atoms with van der Waals surface area (Å²) >= 11 is 0. The summed E-state index contributed by atoms with van der Waals surface area (Å²) in [5.41, 5.74) is 7.64. The largest absolute Gasteiger partial charge is 0.352 e. The number of nitrogens with two attached hydrogens (primary N) is 1. The molecule has 1 aliphatic heterocycles. The summed E-state index contributed by atoms with van der Waals surface area (Å²) in [5.74, 6) is 1.28. The SMILES string of the molecule is CC1CCC(NC(=O)C(C)N2C[C@@H](N)[C@H](c3ccccc3)C2)CC1. The van der Waals surface area contributed by atoms with Crippen molar-refractivity contribution >= 4 is 5.91 Å². The summed E-state index contributed by atoms with van der Waals surface area (Å²) in [6.07, 6.45) is 4.69. The summed E-state index contributed by atoms with van der Waals surface area (Å²) in [6, 6.07) is 10.8. The first-order chi connectivity index (χ1) is 11.5. The Balaban J connectivity index is 1.55. The van der Waals surface area contributed by atoms with E-state index >= 15 is 0 Å². The molecular weight excluding hydrogens is 298 g/mol. The molecule has 0 bridgehead atoms. The van der Waals surface area contributed by atoms with Gasteiger partial charge in [0.1, 0.15) is 0 Å². The number of likely N-dealkylation sites (tertiary alicyclic amines) is 1. The van der Waals surface area contributed by atoms with Crippen molar-refractivity contribution in [1.29, 1.82) is 0 Å². The van der Waals surface area contributed by atoms with Crippen molar-refractivity contribution in [2.24, 2.45) is 11.7 Å². The zero-order chi connectivity index (χ0) is 17.1. The number of hydrogen-bond donors (Lipinski definition) is 2. The fraction of sp³-hybridized carbons (Fsp3) is 0.650. The molecule has 3 atom stereocenters. The number of hydrogen-bond acceptors (Lipinski definition) is 3. The quantitative estimate of drug-likeness (QED) is 0.892. The first-order valence-electron chi connectivity index (χ1n) is 9.39. The Morgan fingerprint density at radius 3 is 2.50 bits per heavy atom. The van der Waals surface area contributed by atoms with Crippen LogP contribution in [-0.4, -0.2) is 42.0 Å². The average molecular weight is 329 g/mol. The van der Waals surface area contributed by atoms with Gasteiger partial charge >= 0.3 is 0 Å². The Bertz CT molecular complexity index is 539. The summed E-state index contributed by atoms with van der Waals surface area (Å²) in [4.78, 5) is 14.9. The van der Waals surface area contributed by atoms with Crippen LogP contribution in [0.15, 0.2) is 30.3 Å². The van der Waals surface area contributed by atoms with Gasteiger partial charge in [-0.2, -0.15) is 0 Å². The molecule has 1 saturated heterocycles. The highest BCUT2D eigenvalue weighted by atomic mass is 16.2. The fourth-order valence-corrected chi connectivity index (χ4v) is 4.12. The van der Waals surface area contributed by atoms with E-state index in [1.165, 1.54) is 18.4 Å². The van der Waals surface area contributed by atoms with Gasteiger partial charge in [0, 0.05) is 31.1 Å². The zero-order valence-corrected chi connectivity index (χ0v) is 14.9. The molecule has 1 aromatic carbocycles. The molecule has 4 nitrogen and oxygen atoms in total. The second kappa shape index (κ2) is 7.66. The van der Waals surface area contributed by atoms with Crippen LogP contribution >= 0.6 is 0 Å². The summed E-state index contributed by atoms with van der Waals surface area (Å²) in [5, 5.41) is 3.26. The zero-order valence-electron chi connectivity index (χ0n) is 14.9. The van der Waals surface area contributed by atoms with E-state index in [2.05, 4.69) is 41.4 Å². The monoisotopic (exact) mass is 329 g/mol. The minimum Gasteiger partial charge on any atom is -0.352 e. The molecular formula is C20H31N3O. The number of carbonyl (C=O) groups is 1. The number of nitrogens with zero attached hydrogens (tertiary/aromatic N) is 1. The Hall–Kier alpha value is -1.39. The number of nitrogens with one attached hydrogen (secondary N) is 1. The van der Waals surface area contributed by atoms with Crippen molar-refractivity contribution in [3.63, 3.8) is 0 Å². The van der Waals surface area contributed by atoms with Crippen LogP contribution in [0, 0.1) is 5.92 Å². The van der Waals surface area contributed by atoms with E-state index in [0.29, 0.717) is 12.0 Å². The van der Waals surface area contributed by atoms with Gasteiger partial charge in [0.25, 0.3) is 0 Å². The maximum Gasteiger partial charge on any atom is 0.237 e. The summed E-state index contributed by atoms with van der Waals surface area (Å²) in [7, 11) is 0. The van der Waals surface area contributed by atoms with Crippen molar-refractivity contribution in [3.05, 3.63) is 35.9 Å². The molecule has 0 aromatic heterocycles. The highest BCUT2D eigenvalue weighted by Gasteiger charge is 2.36. The molecule has 1 aromatic rings. The lowest BCUT2D eigenvalue weighted by Gasteiger charge is -2.30.